The molecule has 2 aromatic rings. The zero-order chi connectivity index (χ0) is 14.8. The quantitative estimate of drug-likeness (QED) is 0.773. The molecule has 6 heteroatoms. The lowest BCUT2D eigenvalue weighted by atomic mass is 10.1. The minimum Gasteiger partial charge on any atom is -0.324 e. The van der Waals surface area contributed by atoms with Crippen molar-refractivity contribution in [2.24, 2.45) is 5.73 Å². The van der Waals surface area contributed by atoms with Crippen molar-refractivity contribution in [1.82, 2.24) is 0 Å². The highest BCUT2D eigenvalue weighted by Crippen LogP contribution is 2.19. The molecule has 0 bridgehead atoms. The van der Waals surface area contributed by atoms with Gasteiger partial charge in [0, 0.05) is 15.3 Å². The maximum Gasteiger partial charge on any atom is 0.261 e. The van der Waals surface area contributed by atoms with Gasteiger partial charge in [0.05, 0.1) is 4.90 Å². The van der Waals surface area contributed by atoms with Crippen molar-refractivity contribution in [3.8, 4) is 0 Å². The molecular formula is C14H15IN2O2S. The molecule has 2 aromatic carbocycles. The van der Waals surface area contributed by atoms with E-state index in [0.29, 0.717) is 5.69 Å². The Bertz CT molecular complexity index is 697. The molecule has 0 aliphatic rings. The number of halogens is 1. The first-order chi connectivity index (χ1) is 9.38. The first kappa shape index (κ1) is 15.3. The van der Waals surface area contributed by atoms with Crippen LogP contribution in [0.5, 0.6) is 0 Å². The summed E-state index contributed by atoms with van der Waals surface area (Å²) < 4.78 is 28.0. The van der Waals surface area contributed by atoms with Crippen molar-refractivity contribution < 1.29 is 8.42 Å². The van der Waals surface area contributed by atoms with Crippen LogP contribution >= 0.6 is 22.6 Å². The Morgan fingerprint density at radius 3 is 2.35 bits per heavy atom. The van der Waals surface area contributed by atoms with E-state index < -0.39 is 10.0 Å². The summed E-state index contributed by atoms with van der Waals surface area (Å²) in [6, 6.07) is 13.7. The predicted molar refractivity (Wildman–Crippen MR) is 89.0 cm³/mol. The van der Waals surface area contributed by atoms with E-state index in [9.17, 15) is 8.42 Å². The normalized spacial score (nSPS) is 12.9. The highest BCUT2D eigenvalue weighted by molar-refractivity contribution is 14.1. The van der Waals surface area contributed by atoms with Gasteiger partial charge in [0.1, 0.15) is 0 Å². The minimum atomic E-state index is -3.57. The Kier molecular flexibility index (Phi) is 4.66. The van der Waals surface area contributed by atoms with Gasteiger partial charge >= 0.3 is 0 Å². The van der Waals surface area contributed by atoms with Crippen LogP contribution in [0.25, 0.3) is 0 Å². The topological polar surface area (TPSA) is 72.2 Å². The van der Waals surface area contributed by atoms with Crippen molar-refractivity contribution >= 4 is 38.3 Å². The van der Waals surface area contributed by atoms with Crippen molar-refractivity contribution in [3.63, 3.8) is 0 Å². The maximum absolute atomic E-state index is 12.2. The second-order valence-corrected chi connectivity index (χ2v) is 7.40. The number of benzene rings is 2. The van der Waals surface area contributed by atoms with E-state index in [4.69, 9.17) is 5.73 Å². The van der Waals surface area contributed by atoms with Gasteiger partial charge in [-0.3, -0.25) is 4.72 Å². The third-order valence-corrected chi connectivity index (χ3v) is 4.86. The molecule has 3 N–H and O–H groups in total. The zero-order valence-corrected chi connectivity index (χ0v) is 13.9. The third-order valence-electron chi connectivity index (χ3n) is 2.79. The summed E-state index contributed by atoms with van der Waals surface area (Å²) in [6.45, 7) is 1.85. The Morgan fingerprint density at radius 2 is 1.80 bits per heavy atom. The Hall–Kier alpha value is -1.12. The van der Waals surface area contributed by atoms with Crippen LogP contribution in [0.1, 0.15) is 18.5 Å². The molecule has 0 aliphatic carbocycles. The monoisotopic (exact) mass is 402 g/mol. The van der Waals surface area contributed by atoms with Gasteiger partial charge < -0.3 is 5.73 Å². The molecule has 20 heavy (non-hydrogen) atoms. The molecule has 0 amide bonds. The lowest BCUT2D eigenvalue weighted by Crippen LogP contribution is -2.13. The van der Waals surface area contributed by atoms with Crippen LogP contribution in [0.4, 0.5) is 5.69 Å². The molecule has 0 fully saturated rings. The molecule has 0 spiro atoms. The molecule has 0 heterocycles. The molecule has 0 aromatic heterocycles. The number of rotatable bonds is 4. The van der Waals surface area contributed by atoms with Gasteiger partial charge in [-0.05, 0) is 65.4 Å². The molecule has 1 unspecified atom stereocenters. The Balaban J connectivity index is 2.26. The van der Waals surface area contributed by atoms with E-state index in [2.05, 4.69) is 27.3 Å². The van der Waals surface area contributed by atoms with Crippen LogP contribution in [0.2, 0.25) is 0 Å². The van der Waals surface area contributed by atoms with Gasteiger partial charge in [0.25, 0.3) is 10.0 Å². The summed E-state index contributed by atoms with van der Waals surface area (Å²) in [5.41, 5.74) is 7.20. The zero-order valence-electron chi connectivity index (χ0n) is 10.9. The predicted octanol–water partition coefficient (Wildman–Crippen LogP) is 3.11. The van der Waals surface area contributed by atoms with Crippen LogP contribution in [-0.4, -0.2) is 8.42 Å². The van der Waals surface area contributed by atoms with E-state index in [1.165, 1.54) is 0 Å². The fraction of sp³-hybridized carbons (Fsp3) is 0.143. The molecule has 1 atom stereocenters. The number of hydrogen-bond acceptors (Lipinski definition) is 3. The van der Waals surface area contributed by atoms with E-state index in [1.54, 1.807) is 42.5 Å². The molecule has 0 saturated heterocycles. The van der Waals surface area contributed by atoms with E-state index in [-0.39, 0.29) is 10.9 Å². The fourth-order valence-electron chi connectivity index (χ4n) is 1.72. The van der Waals surface area contributed by atoms with Crippen molar-refractivity contribution in [3.05, 3.63) is 57.7 Å². The number of nitrogens with one attached hydrogen (secondary N) is 1. The summed E-state index contributed by atoms with van der Waals surface area (Å²) in [5, 5.41) is 0. The van der Waals surface area contributed by atoms with Crippen LogP contribution in [0, 0.1) is 3.57 Å². The average molecular weight is 402 g/mol. The molecule has 0 radical (unpaired) electrons. The van der Waals surface area contributed by atoms with Crippen LogP contribution in [0.3, 0.4) is 0 Å². The van der Waals surface area contributed by atoms with E-state index in [0.717, 1.165) is 9.13 Å². The number of hydrogen-bond donors (Lipinski definition) is 2. The Labute approximate surface area is 132 Å². The standard InChI is InChI=1S/C14H15IN2O2S/c1-10(16)11-5-7-14(8-6-11)20(18,19)17-13-4-2-3-12(15)9-13/h2-10,17H,16H2,1H3. The van der Waals surface area contributed by atoms with Gasteiger partial charge in [0.2, 0.25) is 0 Å². The van der Waals surface area contributed by atoms with Gasteiger partial charge in [-0.1, -0.05) is 18.2 Å². The van der Waals surface area contributed by atoms with Gasteiger partial charge in [-0.15, -0.1) is 0 Å². The molecule has 2 rings (SSSR count). The molecule has 0 aliphatic heterocycles. The van der Waals surface area contributed by atoms with Gasteiger partial charge in [-0.2, -0.15) is 0 Å². The number of nitrogens with two attached hydrogens (primary N) is 1. The maximum atomic E-state index is 12.2. The second-order valence-electron chi connectivity index (χ2n) is 4.47. The minimum absolute atomic E-state index is 0.115. The van der Waals surface area contributed by atoms with E-state index >= 15 is 0 Å². The summed E-state index contributed by atoms with van der Waals surface area (Å²) in [4.78, 5) is 0.223. The average Bonchev–Trinajstić information content (AvgIpc) is 2.38. The summed E-state index contributed by atoms with van der Waals surface area (Å²) in [5.74, 6) is 0. The molecule has 0 saturated carbocycles. The fourth-order valence-corrected chi connectivity index (χ4v) is 3.31. The Morgan fingerprint density at radius 1 is 1.15 bits per heavy atom. The first-order valence-electron chi connectivity index (χ1n) is 6.02. The van der Waals surface area contributed by atoms with Crippen LogP contribution < -0.4 is 10.5 Å². The number of sulfonamides is 1. The van der Waals surface area contributed by atoms with Gasteiger partial charge in [0.15, 0.2) is 0 Å². The third kappa shape index (κ3) is 3.71. The second kappa shape index (κ2) is 6.11. The van der Waals surface area contributed by atoms with Crippen molar-refractivity contribution in [2.45, 2.75) is 17.9 Å². The van der Waals surface area contributed by atoms with Crippen LogP contribution in [-0.2, 0) is 10.0 Å². The van der Waals surface area contributed by atoms with Crippen LogP contribution in [0.15, 0.2) is 53.4 Å². The lowest BCUT2D eigenvalue weighted by molar-refractivity contribution is 0.601. The highest BCUT2D eigenvalue weighted by atomic mass is 127. The largest absolute Gasteiger partial charge is 0.324 e. The molecular weight excluding hydrogens is 387 g/mol. The van der Waals surface area contributed by atoms with Crippen molar-refractivity contribution in [1.29, 1.82) is 0 Å². The first-order valence-corrected chi connectivity index (χ1v) is 8.58. The summed E-state index contributed by atoms with van der Waals surface area (Å²) in [6.07, 6.45) is 0. The lowest BCUT2D eigenvalue weighted by Gasteiger charge is -2.10. The summed E-state index contributed by atoms with van der Waals surface area (Å²) >= 11 is 2.13. The SMILES string of the molecule is CC(N)c1ccc(S(=O)(=O)Nc2cccc(I)c2)cc1. The highest BCUT2D eigenvalue weighted by Gasteiger charge is 2.14. The summed E-state index contributed by atoms with van der Waals surface area (Å²) in [7, 11) is -3.57. The van der Waals surface area contributed by atoms with Gasteiger partial charge in [-0.25, -0.2) is 8.42 Å². The number of anilines is 1. The van der Waals surface area contributed by atoms with Crippen molar-refractivity contribution in [2.75, 3.05) is 4.72 Å². The van der Waals surface area contributed by atoms with E-state index in [1.807, 2.05) is 13.0 Å². The molecule has 4 nitrogen and oxygen atoms in total. The smallest absolute Gasteiger partial charge is 0.261 e. The molecule has 106 valence electrons.